The summed E-state index contributed by atoms with van der Waals surface area (Å²) in [4.78, 5) is 4.53. The van der Waals surface area contributed by atoms with Gasteiger partial charge in [0.05, 0.1) is 5.57 Å². The second kappa shape index (κ2) is 6.35. The second-order valence-electron chi connectivity index (χ2n) is 7.47. The van der Waals surface area contributed by atoms with E-state index < -0.39 is 11.5 Å². The summed E-state index contributed by atoms with van der Waals surface area (Å²) in [6.45, 7) is 9.63. The largest absolute Gasteiger partial charge is 0.448 e. The Morgan fingerprint density at radius 1 is 1.00 bits per heavy atom. The Morgan fingerprint density at radius 3 is 2.15 bits per heavy atom. The number of nitrogens with zero attached hydrogens (tertiary/aromatic N) is 1. The summed E-state index contributed by atoms with van der Waals surface area (Å²) in [6.07, 6.45) is -1.86. The van der Waals surface area contributed by atoms with Gasteiger partial charge in [0, 0.05) is 11.0 Å². The van der Waals surface area contributed by atoms with Crippen LogP contribution in [0.5, 0.6) is 0 Å². The molecule has 0 atom stereocenters. The van der Waals surface area contributed by atoms with E-state index in [4.69, 9.17) is 0 Å². The summed E-state index contributed by atoms with van der Waals surface area (Å²) in [5, 5.41) is 3.77. The van der Waals surface area contributed by atoms with Crippen molar-refractivity contribution in [2.24, 2.45) is 5.16 Å². The van der Waals surface area contributed by atoms with Gasteiger partial charge in [-0.2, -0.15) is 8.78 Å². The molecule has 1 heterocycles. The third kappa shape index (κ3) is 3.28. The molecule has 0 aliphatic carbocycles. The molecule has 0 fully saturated rings. The van der Waals surface area contributed by atoms with Crippen molar-refractivity contribution in [2.45, 2.75) is 46.1 Å². The van der Waals surface area contributed by atoms with E-state index in [-0.39, 0.29) is 11.3 Å². The Hall–Kier alpha value is -2.49. The van der Waals surface area contributed by atoms with Crippen molar-refractivity contribution in [2.75, 3.05) is 0 Å². The molecule has 0 bridgehead atoms. The third-order valence-electron chi connectivity index (χ3n) is 4.76. The SMILES string of the molecule is Cc1cc(C)c(C2=NOC(F)(F)/C2=C/C(C)(C)c2ccccc2)c(C)c1. The van der Waals surface area contributed by atoms with Crippen LogP contribution in [0.3, 0.4) is 0 Å². The first-order valence-electron chi connectivity index (χ1n) is 8.63. The molecule has 2 nitrogen and oxygen atoms in total. The number of benzene rings is 2. The highest BCUT2D eigenvalue weighted by atomic mass is 19.3. The van der Waals surface area contributed by atoms with Crippen molar-refractivity contribution >= 4 is 5.71 Å². The molecule has 2 aromatic carbocycles. The summed E-state index contributed by atoms with van der Waals surface area (Å²) in [6, 6.07) is 13.5. The molecular weight excluding hydrogens is 332 g/mol. The van der Waals surface area contributed by atoms with Gasteiger partial charge in [0.25, 0.3) is 0 Å². The highest BCUT2D eigenvalue weighted by Gasteiger charge is 2.47. The first-order chi connectivity index (χ1) is 12.1. The van der Waals surface area contributed by atoms with Gasteiger partial charge in [0.15, 0.2) is 0 Å². The highest BCUT2D eigenvalue weighted by Crippen LogP contribution is 2.40. The van der Waals surface area contributed by atoms with Crippen LogP contribution in [0.4, 0.5) is 8.78 Å². The molecule has 0 spiro atoms. The predicted octanol–water partition coefficient (Wildman–Crippen LogP) is 5.84. The Balaban J connectivity index is 2.14. The van der Waals surface area contributed by atoms with Gasteiger partial charge in [-0.15, -0.1) is 0 Å². The monoisotopic (exact) mass is 355 g/mol. The molecule has 0 aromatic heterocycles. The topological polar surface area (TPSA) is 21.6 Å². The third-order valence-corrected chi connectivity index (χ3v) is 4.76. The fraction of sp³-hybridized carbons (Fsp3) is 0.318. The Kier molecular flexibility index (Phi) is 4.47. The van der Waals surface area contributed by atoms with Crippen LogP contribution in [0.2, 0.25) is 0 Å². The minimum Gasteiger partial charge on any atom is -0.318 e. The molecule has 0 saturated heterocycles. The fourth-order valence-electron chi connectivity index (χ4n) is 3.54. The van der Waals surface area contributed by atoms with E-state index in [9.17, 15) is 8.78 Å². The molecular formula is C22H23F2NO. The van der Waals surface area contributed by atoms with Crippen LogP contribution in [0.15, 0.2) is 59.3 Å². The van der Waals surface area contributed by atoms with Gasteiger partial charge in [0.1, 0.15) is 5.71 Å². The Bertz CT molecular complexity index is 873. The van der Waals surface area contributed by atoms with Crippen LogP contribution < -0.4 is 0 Å². The summed E-state index contributed by atoms with van der Waals surface area (Å²) in [5.74, 6) is 0. The smallest absolute Gasteiger partial charge is 0.318 e. The van der Waals surface area contributed by atoms with E-state index in [2.05, 4.69) is 9.99 Å². The van der Waals surface area contributed by atoms with Gasteiger partial charge in [-0.1, -0.05) is 73.1 Å². The second-order valence-corrected chi connectivity index (χ2v) is 7.47. The summed E-state index contributed by atoms with van der Waals surface area (Å²) < 4.78 is 29.1. The molecule has 0 N–H and O–H groups in total. The van der Waals surface area contributed by atoms with Gasteiger partial charge in [0.2, 0.25) is 0 Å². The van der Waals surface area contributed by atoms with E-state index in [0.29, 0.717) is 5.56 Å². The van der Waals surface area contributed by atoms with Crippen molar-refractivity contribution < 1.29 is 13.6 Å². The molecule has 2 aromatic rings. The lowest BCUT2D eigenvalue weighted by Gasteiger charge is -2.23. The number of allylic oxidation sites excluding steroid dienone is 1. The molecule has 1 aliphatic rings. The van der Waals surface area contributed by atoms with Crippen molar-refractivity contribution in [3.8, 4) is 0 Å². The van der Waals surface area contributed by atoms with Crippen molar-refractivity contribution in [1.29, 1.82) is 0 Å². The van der Waals surface area contributed by atoms with Crippen LogP contribution in [0.1, 0.15) is 41.7 Å². The molecule has 0 unspecified atom stereocenters. The van der Waals surface area contributed by atoms with E-state index in [1.165, 1.54) is 0 Å². The first kappa shape index (κ1) is 18.3. The standard InChI is InChI=1S/C22H23F2NO/c1-14-11-15(2)19(16(3)12-14)20-18(22(23,24)26-25-20)13-21(4,5)17-9-7-6-8-10-17/h6-13H,1-5H3/b18-13+. The maximum atomic E-state index is 14.5. The number of hydrogen-bond acceptors (Lipinski definition) is 2. The quantitative estimate of drug-likeness (QED) is 0.677. The average Bonchev–Trinajstić information content (AvgIpc) is 2.82. The van der Waals surface area contributed by atoms with Crippen LogP contribution in [0.25, 0.3) is 0 Å². The summed E-state index contributed by atoms with van der Waals surface area (Å²) >= 11 is 0. The molecule has 4 heteroatoms. The minimum absolute atomic E-state index is 0.179. The van der Waals surface area contributed by atoms with Gasteiger partial charge < -0.3 is 4.84 Å². The maximum absolute atomic E-state index is 14.5. The number of oxime groups is 1. The van der Waals surface area contributed by atoms with E-state index in [0.717, 1.165) is 22.3 Å². The minimum atomic E-state index is -3.44. The normalized spacial score (nSPS) is 18.0. The first-order valence-corrected chi connectivity index (χ1v) is 8.63. The van der Waals surface area contributed by atoms with Crippen molar-refractivity contribution in [3.63, 3.8) is 0 Å². The molecule has 0 saturated carbocycles. The van der Waals surface area contributed by atoms with E-state index >= 15 is 0 Å². The summed E-state index contributed by atoms with van der Waals surface area (Å²) in [5.41, 5.74) is 4.01. The lowest BCUT2D eigenvalue weighted by molar-refractivity contribution is -0.195. The average molecular weight is 355 g/mol. The van der Waals surface area contributed by atoms with Crippen molar-refractivity contribution in [1.82, 2.24) is 0 Å². The zero-order valence-electron chi connectivity index (χ0n) is 15.7. The number of aryl methyl sites for hydroxylation is 3. The number of hydrogen-bond donors (Lipinski definition) is 0. The molecule has 0 amide bonds. The predicted molar refractivity (Wildman–Crippen MR) is 101 cm³/mol. The van der Waals surface area contributed by atoms with E-state index in [1.807, 2.05) is 77.1 Å². The maximum Gasteiger partial charge on any atom is 0.448 e. The molecule has 1 aliphatic heterocycles. The highest BCUT2D eigenvalue weighted by molar-refractivity contribution is 6.15. The fourth-order valence-corrected chi connectivity index (χ4v) is 3.54. The number of halogens is 2. The van der Waals surface area contributed by atoms with Gasteiger partial charge >= 0.3 is 6.11 Å². The van der Waals surface area contributed by atoms with Gasteiger partial charge in [-0.3, -0.25) is 0 Å². The number of alkyl halides is 2. The number of rotatable bonds is 3. The van der Waals surface area contributed by atoms with Gasteiger partial charge in [-0.25, -0.2) is 0 Å². The van der Waals surface area contributed by atoms with E-state index in [1.54, 1.807) is 6.08 Å². The van der Waals surface area contributed by atoms with Crippen LogP contribution in [-0.2, 0) is 10.3 Å². The molecule has 136 valence electrons. The van der Waals surface area contributed by atoms with Gasteiger partial charge in [-0.05, 0) is 37.5 Å². The lowest BCUT2D eigenvalue weighted by atomic mass is 9.81. The summed E-state index contributed by atoms with van der Waals surface area (Å²) in [7, 11) is 0. The molecule has 26 heavy (non-hydrogen) atoms. The van der Waals surface area contributed by atoms with Crippen LogP contribution in [0, 0.1) is 20.8 Å². The van der Waals surface area contributed by atoms with Crippen LogP contribution in [-0.4, -0.2) is 11.8 Å². The van der Waals surface area contributed by atoms with Crippen molar-refractivity contribution in [3.05, 3.63) is 81.9 Å². The van der Waals surface area contributed by atoms with Crippen LogP contribution >= 0.6 is 0 Å². The molecule has 3 rings (SSSR count). The Labute approximate surface area is 153 Å². The zero-order valence-corrected chi connectivity index (χ0v) is 15.7. The Morgan fingerprint density at radius 2 is 1.58 bits per heavy atom. The zero-order chi connectivity index (χ0) is 19.1. The molecule has 0 radical (unpaired) electrons. The lowest BCUT2D eigenvalue weighted by Crippen LogP contribution is -2.25.